The van der Waals surface area contributed by atoms with Gasteiger partial charge in [0, 0.05) is 56.5 Å². The van der Waals surface area contributed by atoms with Gasteiger partial charge in [0.15, 0.2) is 0 Å². The number of likely N-dealkylation sites (tertiary alicyclic amines) is 2. The maximum Gasteiger partial charge on any atom is 0.0962 e. The fourth-order valence-electron chi connectivity index (χ4n) is 7.59. The Morgan fingerprint density at radius 2 is 1.69 bits per heavy atom. The minimum Gasteiger partial charge on any atom is -0.396 e. The summed E-state index contributed by atoms with van der Waals surface area (Å²) in [5, 5.41) is 28.1. The molecule has 0 bridgehead atoms. The molecule has 3 fully saturated rings. The van der Waals surface area contributed by atoms with Crippen molar-refractivity contribution >= 4 is 5.84 Å². The monoisotopic (exact) mass is 537 g/mol. The van der Waals surface area contributed by atoms with Crippen LogP contribution in [0.15, 0.2) is 36.7 Å². The summed E-state index contributed by atoms with van der Waals surface area (Å²) in [4.78, 5) is 5.51. The van der Waals surface area contributed by atoms with Gasteiger partial charge in [-0.25, -0.2) is 0 Å². The first-order chi connectivity index (χ1) is 19.0. The van der Waals surface area contributed by atoms with E-state index in [0.717, 1.165) is 19.1 Å². The van der Waals surface area contributed by atoms with Gasteiger partial charge in [-0.05, 0) is 74.7 Å². The van der Waals surface area contributed by atoms with Crippen molar-refractivity contribution in [1.82, 2.24) is 25.8 Å². The van der Waals surface area contributed by atoms with Crippen LogP contribution in [0.3, 0.4) is 0 Å². The van der Waals surface area contributed by atoms with Gasteiger partial charge in [0.2, 0.25) is 0 Å². The van der Waals surface area contributed by atoms with Crippen molar-refractivity contribution in [3.63, 3.8) is 0 Å². The van der Waals surface area contributed by atoms with E-state index in [0.29, 0.717) is 24.8 Å². The molecule has 4 aliphatic rings. The van der Waals surface area contributed by atoms with Gasteiger partial charge in [-0.2, -0.15) is 0 Å². The number of piperidine rings is 1. The number of aliphatic hydroxyl groups is 1. The molecule has 5 rings (SSSR count). The van der Waals surface area contributed by atoms with Gasteiger partial charge in [-0.15, -0.1) is 0 Å². The number of amidine groups is 1. The maximum atomic E-state index is 10.2. The van der Waals surface area contributed by atoms with Gasteiger partial charge in [-0.3, -0.25) is 10.3 Å². The summed E-state index contributed by atoms with van der Waals surface area (Å²) in [6.07, 6.45) is 16.1. The summed E-state index contributed by atoms with van der Waals surface area (Å²) in [5.41, 5.74) is 8.45. The number of nitrogens with two attached hydrogens (primary N) is 1. The summed E-state index contributed by atoms with van der Waals surface area (Å²) in [6.45, 7) is 7.47. The van der Waals surface area contributed by atoms with Gasteiger partial charge < -0.3 is 31.7 Å². The van der Waals surface area contributed by atoms with E-state index in [1.54, 1.807) is 0 Å². The Kier molecular flexibility index (Phi) is 9.48. The molecule has 0 radical (unpaired) electrons. The second-order valence-corrected chi connectivity index (χ2v) is 13.0. The quantitative estimate of drug-likeness (QED) is 0.179. The number of nitrogens with one attached hydrogen (secondary N) is 4. The summed E-state index contributed by atoms with van der Waals surface area (Å²) in [6, 6.07) is 9.88. The number of aliphatic hydroxyl groups excluding tert-OH is 1. The molecule has 1 saturated carbocycles. The van der Waals surface area contributed by atoms with Crippen molar-refractivity contribution in [3.8, 4) is 0 Å². The van der Waals surface area contributed by atoms with Crippen LogP contribution in [0.2, 0.25) is 0 Å². The lowest BCUT2D eigenvalue weighted by Crippen LogP contribution is -2.46. The SMILES string of the molecule is N=C(N)CC(CO)(CNCc1ccc(CN2CCC3(CCN(C4CCCCC4)CC3)C2)cc1)CC1NC=CN1. The second kappa shape index (κ2) is 13.0. The van der Waals surface area contributed by atoms with E-state index in [1.165, 1.54) is 88.7 Å². The summed E-state index contributed by atoms with van der Waals surface area (Å²) in [5.74, 6) is 0.111. The lowest BCUT2D eigenvalue weighted by atomic mass is 9.77. The number of nitrogens with zero attached hydrogens (tertiary/aromatic N) is 2. The molecule has 1 unspecified atom stereocenters. The van der Waals surface area contributed by atoms with Crippen LogP contribution in [0.5, 0.6) is 0 Å². The van der Waals surface area contributed by atoms with Gasteiger partial charge in [-0.1, -0.05) is 43.5 Å². The van der Waals surface area contributed by atoms with E-state index < -0.39 is 5.41 Å². The highest BCUT2D eigenvalue weighted by Crippen LogP contribution is 2.42. The number of benzene rings is 1. The lowest BCUT2D eigenvalue weighted by molar-refractivity contribution is 0.0615. The van der Waals surface area contributed by atoms with Gasteiger partial charge >= 0.3 is 0 Å². The molecule has 216 valence electrons. The molecule has 0 aromatic heterocycles. The van der Waals surface area contributed by atoms with Gasteiger partial charge in [0.25, 0.3) is 0 Å². The van der Waals surface area contributed by atoms with Gasteiger partial charge in [0.05, 0.1) is 18.6 Å². The summed E-state index contributed by atoms with van der Waals surface area (Å²) in [7, 11) is 0. The fraction of sp³-hybridized carbons (Fsp3) is 0.710. The molecular weight excluding hydrogens is 486 g/mol. The van der Waals surface area contributed by atoms with Crippen molar-refractivity contribution in [2.24, 2.45) is 16.6 Å². The van der Waals surface area contributed by atoms with Crippen molar-refractivity contribution in [2.75, 3.05) is 39.3 Å². The minimum absolute atomic E-state index is 0.0195. The first-order valence-corrected chi connectivity index (χ1v) is 15.3. The van der Waals surface area contributed by atoms with Crippen LogP contribution < -0.4 is 21.7 Å². The third-order valence-corrected chi connectivity index (χ3v) is 9.94. The molecule has 3 heterocycles. The molecular formula is C31H51N7O. The first-order valence-electron chi connectivity index (χ1n) is 15.3. The van der Waals surface area contributed by atoms with E-state index in [-0.39, 0.29) is 18.6 Å². The van der Waals surface area contributed by atoms with E-state index in [2.05, 4.69) is 50.0 Å². The van der Waals surface area contributed by atoms with Crippen LogP contribution in [0.1, 0.15) is 75.3 Å². The smallest absolute Gasteiger partial charge is 0.0962 e. The topological polar surface area (TPSA) is 113 Å². The predicted molar refractivity (Wildman–Crippen MR) is 158 cm³/mol. The van der Waals surface area contributed by atoms with E-state index in [4.69, 9.17) is 11.1 Å². The van der Waals surface area contributed by atoms with Crippen LogP contribution in [-0.4, -0.2) is 72.3 Å². The third-order valence-electron chi connectivity index (χ3n) is 9.94. The van der Waals surface area contributed by atoms with Crippen molar-refractivity contribution in [2.45, 2.75) is 89.5 Å². The van der Waals surface area contributed by atoms with Gasteiger partial charge in [0.1, 0.15) is 0 Å². The molecule has 8 heteroatoms. The first kappa shape index (κ1) is 28.4. The molecule has 39 heavy (non-hydrogen) atoms. The Morgan fingerprint density at radius 1 is 1.03 bits per heavy atom. The second-order valence-electron chi connectivity index (χ2n) is 13.0. The highest BCUT2D eigenvalue weighted by atomic mass is 16.3. The molecule has 2 saturated heterocycles. The largest absolute Gasteiger partial charge is 0.396 e. The number of hydrogen-bond donors (Lipinski definition) is 6. The molecule has 1 atom stereocenters. The lowest BCUT2D eigenvalue weighted by Gasteiger charge is -2.43. The molecule has 0 amide bonds. The Bertz CT molecular complexity index is 944. The molecule has 1 spiro atoms. The normalized spacial score (nSPS) is 24.0. The van der Waals surface area contributed by atoms with Crippen LogP contribution in [0.25, 0.3) is 0 Å². The highest BCUT2D eigenvalue weighted by Gasteiger charge is 2.41. The third kappa shape index (κ3) is 7.54. The average molecular weight is 538 g/mol. The predicted octanol–water partition coefficient (Wildman–Crippen LogP) is 3.08. The highest BCUT2D eigenvalue weighted by molar-refractivity contribution is 5.77. The zero-order chi connectivity index (χ0) is 27.1. The summed E-state index contributed by atoms with van der Waals surface area (Å²) >= 11 is 0. The van der Waals surface area contributed by atoms with E-state index in [1.807, 2.05) is 12.4 Å². The van der Waals surface area contributed by atoms with E-state index >= 15 is 0 Å². The molecule has 7 N–H and O–H groups in total. The molecule has 1 aliphatic carbocycles. The van der Waals surface area contributed by atoms with Crippen LogP contribution in [0.4, 0.5) is 0 Å². The molecule has 8 nitrogen and oxygen atoms in total. The molecule has 1 aromatic carbocycles. The standard InChI is InChI=1S/C31H51N7O/c32-28(33)18-31(24-39,19-29-35-13-14-36-29)22-34-20-25-6-8-26(9-7-25)21-37-15-10-30(23-37)11-16-38(17-12-30)27-4-2-1-3-5-27/h6-9,13-14,27,29,34-36,39H,1-5,10-12,15-24H2,(H3,32,33). The van der Waals surface area contributed by atoms with Crippen molar-refractivity contribution < 1.29 is 5.11 Å². The Hall–Kier alpha value is -2.13. The Morgan fingerprint density at radius 3 is 2.36 bits per heavy atom. The summed E-state index contributed by atoms with van der Waals surface area (Å²) < 4.78 is 0. The zero-order valence-electron chi connectivity index (χ0n) is 23.8. The van der Waals surface area contributed by atoms with E-state index in [9.17, 15) is 5.11 Å². The minimum atomic E-state index is -0.485. The van der Waals surface area contributed by atoms with Crippen molar-refractivity contribution in [1.29, 1.82) is 5.41 Å². The Balaban J connectivity index is 1.06. The number of hydrogen-bond acceptors (Lipinski definition) is 7. The van der Waals surface area contributed by atoms with Crippen LogP contribution in [-0.2, 0) is 13.1 Å². The molecule has 3 aliphatic heterocycles. The molecule has 1 aromatic rings. The zero-order valence-corrected chi connectivity index (χ0v) is 23.8. The van der Waals surface area contributed by atoms with Crippen LogP contribution >= 0.6 is 0 Å². The number of rotatable bonds is 12. The average Bonchev–Trinajstić information content (AvgIpc) is 3.60. The Labute approximate surface area is 235 Å². The van der Waals surface area contributed by atoms with Crippen molar-refractivity contribution in [3.05, 3.63) is 47.8 Å². The fourth-order valence-corrected chi connectivity index (χ4v) is 7.59. The van der Waals surface area contributed by atoms with Crippen LogP contribution in [0, 0.1) is 16.2 Å². The maximum absolute atomic E-state index is 10.2.